The maximum atomic E-state index is 11.1. The number of hydrogen-bond donors (Lipinski definition) is 4. The first-order chi connectivity index (χ1) is 18.8. The van der Waals surface area contributed by atoms with Crippen molar-refractivity contribution in [2.45, 2.75) is 80.1 Å². The third-order valence-electron chi connectivity index (χ3n) is 8.82. The van der Waals surface area contributed by atoms with Crippen molar-refractivity contribution in [1.82, 2.24) is 0 Å². The second kappa shape index (κ2) is 11.3. The largest absolute Gasteiger partial charge is 0.508 e. The van der Waals surface area contributed by atoms with Crippen molar-refractivity contribution in [2.75, 3.05) is 0 Å². The molecular weight excluding hydrogens is 496 g/mol. The molecule has 0 atom stereocenters. The van der Waals surface area contributed by atoms with Gasteiger partial charge in [-0.25, -0.2) is 0 Å². The average molecular weight is 539 g/mol. The van der Waals surface area contributed by atoms with Gasteiger partial charge in [0.15, 0.2) is 0 Å². The van der Waals surface area contributed by atoms with Crippen LogP contribution in [0.3, 0.4) is 0 Å². The lowest BCUT2D eigenvalue weighted by Crippen LogP contribution is -2.10. The molecule has 0 bridgehead atoms. The Morgan fingerprint density at radius 3 is 0.725 bits per heavy atom. The zero-order valence-corrected chi connectivity index (χ0v) is 25.0. The van der Waals surface area contributed by atoms with Crippen molar-refractivity contribution in [3.63, 3.8) is 0 Å². The van der Waals surface area contributed by atoms with Gasteiger partial charge in [0.05, 0.1) is 0 Å². The van der Waals surface area contributed by atoms with Crippen LogP contribution in [-0.2, 0) is 0 Å². The molecule has 0 heterocycles. The van der Waals surface area contributed by atoms with Gasteiger partial charge in [-0.3, -0.25) is 0 Å². The molecule has 4 nitrogen and oxygen atoms in total. The summed E-state index contributed by atoms with van der Waals surface area (Å²) in [4.78, 5) is 0. The smallest absolute Gasteiger partial charge is 0.119 e. The number of benzene rings is 4. The van der Waals surface area contributed by atoms with Crippen LogP contribution >= 0.6 is 0 Å². The van der Waals surface area contributed by atoms with E-state index in [9.17, 15) is 20.4 Å². The summed E-state index contributed by atoms with van der Waals surface area (Å²) >= 11 is 0. The number of rotatable bonds is 7. The lowest BCUT2D eigenvalue weighted by molar-refractivity contribution is 0.436. The van der Waals surface area contributed by atoms with E-state index in [0.717, 1.165) is 66.8 Å². The van der Waals surface area contributed by atoms with Crippen LogP contribution in [0.15, 0.2) is 48.5 Å². The van der Waals surface area contributed by atoms with E-state index in [-0.39, 0.29) is 34.8 Å². The van der Waals surface area contributed by atoms with E-state index in [4.69, 9.17) is 0 Å². The third-order valence-corrected chi connectivity index (χ3v) is 8.82. The molecule has 0 aromatic heterocycles. The first-order valence-corrected chi connectivity index (χ1v) is 14.0. The Bertz CT molecular complexity index is 1350. The fourth-order valence-corrected chi connectivity index (χ4v) is 5.70. The van der Waals surface area contributed by atoms with Gasteiger partial charge in [0, 0.05) is 34.1 Å². The molecule has 40 heavy (non-hydrogen) atoms. The SMILES string of the molecule is Cc1cc(O)c(C(CCC(c2cc(C)c(C)cc2O)c2cc(C)c(C)cc2O)c2cc(C)c(C)cc2O)cc1C. The van der Waals surface area contributed by atoms with Gasteiger partial charge in [-0.2, -0.15) is 0 Å². The molecule has 0 saturated carbocycles. The van der Waals surface area contributed by atoms with Crippen LogP contribution in [0.1, 0.15) is 91.4 Å². The predicted molar refractivity (Wildman–Crippen MR) is 163 cm³/mol. The van der Waals surface area contributed by atoms with E-state index in [1.165, 1.54) is 0 Å². The molecule has 0 unspecified atom stereocenters. The minimum Gasteiger partial charge on any atom is -0.508 e. The summed E-state index contributed by atoms with van der Waals surface area (Å²) in [5, 5.41) is 44.5. The number of phenols is 4. The first kappa shape index (κ1) is 29.1. The van der Waals surface area contributed by atoms with Crippen LogP contribution in [-0.4, -0.2) is 20.4 Å². The third kappa shape index (κ3) is 5.67. The number of aromatic hydroxyl groups is 4. The molecule has 0 aliphatic rings. The lowest BCUT2D eigenvalue weighted by atomic mass is 9.78. The molecule has 0 aliphatic carbocycles. The van der Waals surface area contributed by atoms with Crippen molar-refractivity contribution in [3.8, 4) is 23.0 Å². The molecule has 0 radical (unpaired) electrons. The zero-order chi connectivity index (χ0) is 29.5. The van der Waals surface area contributed by atoms with E-state index in [2.05, 4.69) is 0 Å². The second-order valence-corrected chi connectivity index (χ2v) is 11.7. The highest BCUT2D eigenvalue weighted by Crippen LogP contribution is 2.46. The number of phenolic OH excluding ortho intramolecular Hbond substituents is 4. The molecule has 210 valence electrons. The van der Waals surface area contributed by atoms with Crippen LogP contribution in [0.2, 0.25) is 0 Å². The number of hydrogen-bond acceptors (Lipinski definition) is 4. The molecule has 0 saturated heterocycles. The van der Waals surface area contributed by atoms with Crippen LogP contribution in [0.25, 0.3) is 0 Å². The fourth-order valence-electron chi connectivity index (χ4n) is 5.70. The second-order valence-electron chi connectivity index (χ2n) is 11.7. The summed E-state index contributed by atoms with van der Waals surface area (Å²) in [7, 11) is 0. The quantitative estimate of drug-likeness (QED) is 0.190. The molecule has 0 aliphatic heterocycles. The van der Waals surface area contributed by atoms with Crippen molar-refractivity contribution in [1.29, 1.82) is 0 Å². The highest BCUT2D eigenvalue weighted by Gasteiger charge is 2.28. The summed E-state index contributed by atoms with van der Waals surface area (Å²) in [6.07, 6.45) is 1.13. The molecule has 4 N–H and O–H groups in total. The fraction of sp³-hybridized carbons (Fsp3) is 0.333. The Morgan fingerprint density at radius 2 is 0.525 bits per heavy atom. The highest BCUT2D eigenvalue weighted by atomic mass is 16.3. The molecule has 4 rings (SSSR count). The Balaban J connectivity index is 1.89. The highest BCUT2D eigenvalue weighted by molar-refractivity contribution is 5.54. The molecule has 0 amide bonds. The van der Waals surface area contributed by atoms with E-state index in [1.54, 1.807) is 24.3 Å². The standard InChI is InChI=1S/C36H42O4/c1-19-11-29(33(37)15-23(19)5)27(30-12-20(2)24(6)16-34(30)38)9-10-28(31-13-21(3)25(7)17-35(31)39)32-14-22(4)26(8)18-36(32)40/h11-18,27-28,37-40H,9-10H2,1-8H3. The van der Waals surface area contributed by atoms with Crippen LogP contribution in [0.5, 0.6) is 23.0 Å². The van der Waals surface area contributed by atoms with Gasteiger partial charge in [-0.15, -0.1) is 0 Å². The number of aryl methyl sites for hydroxylation is 8. The van der Waals surface area contributed by atoms with E-state index in [1.807, 2.05) is 79.7 Å². The van der Waals surface area contributed by atoms with Crippen molar-refractivity contribution in [3.05, 3.63) is 115 Å². The Morgan fingerprint density at radius 1 is 0.350 bits per heavy atom. The molecule has 4 heteroatoms. The Labute approximate surface area is 238 Å². The molecule has 0 fully saturated rings. The Kier molecular flexibility index (Phi) is 8.20. The first-order valence-electron chi connectivity index (χ1n) is 14.0. The van der Waals surface area contributed by atoms with Crippen LogP contribution in [0.4, 0.5) is 0 Å². The predicted octanol–water partition coefficient (Wildman–Crippen LogP) is 8.72. The molecule has 0 spiro atoms. The summed E-state index contributed by atoms with van der Waals surface area (Å²) in [5.41, 5.74) is 11.3. The van der Waals surface area contributed by atoms with E-state index >= 15 is 0 Å². The lowest BCUT2D eigenvalue weighted by Gasteiger charge is -2.27. The van der Waals surface area contributed by atoms with Gasteiger partial charge in [-0.1, -0.05) is 24.3 Å². The Hall–Kier alpha value is -3.92. The van der Waals surface area contributed by atoms with Crippen molar-refractivity contribution >= 4 is 0 Å². The zero-order valence-electron chi connectivity index (χ0n) is 25.0. The van der Waals surface area contributed by atoms with Gasteiger partial charge in [0.25, 0.3) is 0 Å². The van der Waals surface area contributed by atoms with Crippen molar-refractivity contribution < 1.29 is 20.4 Å². The van der Waals surface area contributed by atoms with Gasteiger partial charge in [0.2, 0.25) is 0 Å². The summed E-state index contributed by atoms with van der Waals surface area (Å²) < 4.78 is 0. The average Bonchev–Trinajstić information content (AvgIpc) is 2.87. The maximum absolute atomic E-state index is 11.1. The maximum Gasteiger partial charge on any atom is 0.119 e. The van der Waals surface area contributed by atoms with E-state index in [0.29, 0.717) is 12.8 Å². The van der Waals surface area contributed by atoms with Crippen molar-refractivity contribution in [2.24, 2.45) is 0 Å². The monoisotopic (exact) mass is 538 g/mol. The minimum absolute atomic E-state index is 0.199. The summed E-state index contributed by atoms with van der Waals surface area (Å²) in [6.45, 7) is 16.0. The summed E-state index contributed by atoms with van der Waals surface area (Å²) in [6, 6.07) is 15.2. The van der Waals surface area contributed by atoms with Crippen LogP contribution < -0.4 is 0 Å². The van der Waals surface area contributed by atoms with Gasteiger partial charge in [-0.05, 0) is 137 Å². The summed E-state index contributed by atoms with van der Waals surface area (Å²) in [5.74, 6) is 0.193. The molecule has 4 aromatic rings. The topological polar surface area (TPSA) is 80.9 Å². The van der Waals surface area contributed by atoms with Gasteiger partial charge in [0.1, 0.15) is 23.0 Å². The van der Waals surface area contributed by atoms with Crippen LogP contribution in [0, 0.1) is 55.4 Å². The van der Waals surface area contributed by atoms with Gasteiger partial charge >= 0.3 is 0 Å². The molecule has 4 aromatic carbocycles. The molecular formula is C36H42O4. The minimum atomic E-state index is -0.302. The van der Waals surface area contributed by atoms with Gasteiger partial charge < -0.3 is 20.4 Å². The normalized spacial score (nSPS) is 11.6. The van der Waals surface area contributed by atoms with E-state index < -0.39 is 0 Å².